The van der Waals surface area contributed by atoms with Crippen molar-refractivity contribution in [3.8, 4) is 0 Å². The largest absolute Gasteiger partial charge is 0.375 e. The molecule has 2 aliphatic rings. The zero-order valence-electron chi connectivity index (χ0n) is 19.4. The second kappa shape index (κ2) is 10.9. The van der Waals surface area contributed by atoms with E-state index in [2.05, 4.69) is 0 Å². The van der Waals surface area contributed by atoms with Gasteiger partial charge in [-0.25, -0.2) is 4.39 Å². The minimum Gasteiger partial charge on any atom is -0.375 e. The molecule has 0 aliphatic carbocycles. The van der Waals surface area contributed by atoms with E-state index < -0.39 is 5.54 Å². The third-order valence-corrected chi connectivity index (χ3v) is 7.87. The number of halogens is 1. The maximum absolute atomic E-state index is 15.2. The fraction of sp³-hybridized carbons (Fsp3) is 0.310. The monoisotopic (exact) mass is 489 g/mol. The fourth-order valence-electron chi connectivity index (χ4n) is 4.99. The second-order valence-electron chi connectivity index (χ2n) is 8.95. The van der Waals surface area contributed by atoms with Crippen molar-refractivity contribution in [2.45, 2.75) is 31.1 Å². The molecule has 1 saturated heterocycles. The molecule has 2 aliphatic heterocycles. The number of benzene rings is 3. The van der Waals surface area contributed by atoms with Crippen LogP contribution in [0.25, 0.3) is 0 Å². The van der Waals surface area contributed by atoms with Gasteiger partial charge in [0.15, 0.2) is 5.78 Å². The van der Waals surface area contributed by atoms with Crippen molar-refractivity contribution in [1.29, 1.82) is 0 Å². The van der Waals surface area contributed by atoms with Crippen LogP contribution in [0.4, 0.5) is 4.39 Å². The second-order valence-corrected chi connectivity index (χ2v) is 10.0. The molecule has 0 aromatic heterocycles. The van der Waals surface area contributed by atoms with Crippen LogP contribution < -0.4 is 0 Å². The Hall–Kier alpha value is -2.80. The Morgan fingerprint density at radius 1 is 1.03 bits per heavy atom. The van der Waals surface area contributed by atoms with Crippen LogP contribution in [0, 0.1) is 11.7 Å². The van der Waals surface area contributed by atoms with Gasteiger partial charge in [0, 0.05) is 35.8 Å². The van der Waals surface area contributed by atoms with Crippen LogP contribution in [0.2, 0.25) is 0 Å². The maximum atomic E-state index is 15.2. The van der Waals surface area contributed by atoms with E-state index >= 15 is 4.39 Å². The lowest BCUT2D eigenvalue weighted by molar-refractivity contribution is -0.101. The van der Waals surface area contributed by atoms with Crippen LogP contribution >= 0.6 is 11.8 Å². The fourth-order valence-corrected chi connectivity index (χ4v) is 6.32. The van der Waals surface area contributed by atoms with Crippen molar-refractivity contribution in [3.63, 3.8) is 0 Å². The summed E-state index contributed by atoms with van der Waals surface area (Å²) in [6, 6.07) is 26.1. The first kappa shape index (κ1) is 23.9. The van der Waals surface area contributed by atoms with Crippen molar-refractivity contribution in [3.05, 3.63) is 107 Å². The number of fused-ring (bicyclic) bond motifs is 1. The van der Waals surface area contributed by atoms with E-state index in [0.29, 0.717) is 43.1 Å². The van der Waals surface area contributed by atoms with Gasteiger partial charge in [0.1, 0.15) is 5.82 Å². The molecule has 4 nitrogen and oxygen atoms in total. The number of nitrogens with zero attached hydrogens (tertiary/aromatic N) is 1. The molecule has 180 valence electrons. The molecular formula is C29H28FNO3S. The first-order chi connectivity index (χ1) is 17.2. The van der Waals surface area contributed by atoms with Crippen LogP contribution in [0.1, 0.15) is 34.3 Å². The molecule has 35 heavy (non-hydrogen) atoms. The topological polar surface area (TPSA) is 47.9 Å². The summed E-state index contributed by atoms with van der Waals surface area (Å²) in [5.41, 5.74) is 1.56. The summed E-state index contributed by atoms with van der Waals surface area (Å²) >= 11 is 1.58. The Labute approximate surface area is 209 Å². The molecule has 6 heteroatoms. The minimum absolute atomic E-state index is 0.0220. The van der Waals surface area contributed by atoms with Crippen molar-refractivity contribution < 1.29 is 18.7 Å². The molecule has 1 fully saturated rings. The number of carbonyl (C=O) groups excluding carboxylic acids is 1. The highest BCUT2D eigenvalue weighted by Gasteiger charge is 2.51. The van der Waals surface area contributed by atoms with Gasteiger partial charge in [-0.2, -0.15) is 0 Å². The Kier molecular flexibility index (Phi) is 7.42. The van der Waals surface area contributed by atoms with Gasteiger partial charge in [-0.05, 0) is 11.6 Å². The number of thioether (sulfide) groups is 1. The zero-order valence-corrected chi connectivity index (χ0v) is 20.3. The Bertz CT molecular complexity index is 1190. The molecule has 0 bridgehead atoms. The summed E-state index contributed by atoms with van der Waals surface area (Å²) in [6.07, 6.45) is 0.569. The van der Waals surface area contributed by atoms with Gasteiger partial charge >= 0.3 is 0 Å². The Balaban J connectivity index is 1.41. The molecule has 0 amide bonds. The van der Waals surface area contributed by atoms with E-state index in [1.165, 1.54) is 6.07 Å². The van der Waals surface area contributed by atoms with Crippen molar-refractivity contribution >= 4 is 22.6 Å². The van der Waals surface area contributed by atoms with E-state index in [9.17, 15) is 4.79 Å². The predicted molar refractivity (Wildman–Crippen MR) is 137 cm³/mol. The van der Waals surface area contributed by atoms with Crippen molar-refractivity contribution in [1.82, 2.24) is 0 Å². The van der Waals surface area contributed by atoms with Crippen molar-refractivity contribution in [2.75, 3.05) is 19.0 Å². The number of Topliss-reactive ketones (excluding diaryl/α,β-unsaturated/α-hetero) is 1. The molecule has 3 aromatic rings. The molecule has 0 spiro atoms. The number of rotatable bonds is 8. The van der Waals surface area contributed by atoms with E-state index in [0.717, 1.165) is 10.6 Å². The van der Waals surface area contributed by atoms with Crippen LogP contribution in [0.3, 0.4) is 0 Å². The Morgan fingerprint density at radius 3 is 2.51 bits per heavy atom. The van der Waals surface area contributed by atoms with Gasteiger partial charge in [-0.3, -0.25) is 9.79 Å². The lowest BCUT2D eigenvalue weighted by Gasteiger charge is -2.48. The highest BCUT2D eigenvalue weighted by molar-refractivity contribution is 8.14. The van der Waals surface area contributed by atoms with Crippen molar-refractivity contribution in [2.24, 2.45) is 10.9 Å². The van der Waals surface area contributed by atoms with Gasteiger partial charge in [0.2, 0.25) is 0 Å². The summed E-state index contributed by atoms with van der Waals surface area (Å²) in [6.45, 7) is 1.36. The van der Waals surface area contributed by atoms with E-state index in [1.807, 2.05) is 72.8 Å². The number of carbonyl (C=O) groups is 1. The molecule has 3 atom stereocenters. The van der Waals surface area contributed by atoms with Crippen LogP contribution in [-0.4, -0.2) is 35.9 Å². The standard InChI is InChI=1S/C29H28FNO3S/c30-25-14-8-7-13-23(25)29-15-16-34-27(19-33-18-21-9-3-1-4-10-21)24(29)20-35-28(31-29)17-26(32)22-11-5-2-6-12-22/h1-14,24,27H,15-20H2/t24-,27-,29-/m1/s1. The lowest BCUT2D eigenvalue weighted by Crippen LogP contribution is -2.52. The lowest BCUT2D eigenvalue weighted by atomic mass is 9.72. The number of ketones is 1. The minimum atomic E-state index is -0.776. The smallest absolute Gasteiger partial charge is 0.169 e. The molecule has 0 unspecified atom stereocenters. The third-order valence-electron chi connectivity index (χ3n) is 6.77. The van der Waals surface area contributed by atoms with E-state index in [4.69, 9.17) is 14.5 Å². The van der Waals surface area contributed by atoms with Crippen LogP contribution in [0.5, 0.6) is 0 Å². The maximum Gasteiger partial charge on any atom is 0.169 e. The molecule has 0 N–H and O–H groups in total. The van der Waals surface area contributed by atoms with E-state index in [-0.39, 0.29) is 30.0 Å². The Morgan fingerprint density at radius 2 is 1.74 bits per heavy atom. The van der Waals surface area contributed by atoms with Gasteiger partial charge in [0.05, 0.1) is 36.3 Å². The summed E-state index contributed by atoms with van der Waals surface area (Å²) in [7, 11) is 0. The summed E-state index contributed by atoms with van der Waals surface area (Å²) in [5, 5.41) is 0.754. The normalized spacial score (nSPS) is 23.9. The molecule has 5 rings (SSSR count). The third kappa shape index (κ3) is 5.25. The zero-order chi connectivity index (χ0) is 24.1. The number of ether oxygens (including phenoxy) is 2. The summed E-state index contributed by atoms with van der Waals surface area (Å²) in [4.78, 5) is 18.0. The average Bonchev–Trinajstić information content (AvgIpc) is 2.90. The van der Waals surface area contributed by atoms with Gasteiger partial charge in [0.25, 0.3) is 0 Å². The molecule has 2 heterocycles. The first-order valence-electron chi connectivity index (χ1n) is 11.9. The van der Waals surface area contributed by atoms with Gasteiger partial charge < -0.3 is 9.47 Å². The highest BCUT2D eigenvalue weighted by Crippen LogP contribution is 2.49. The van der Waals surface area contributed by atoms with E-state index in [1.54, 1.807) is 17.8 Å². The molecular weight excluding hydrogens is 461 g/mol. The SMILES string of the molecule is O=C(CC1=N[C@@]2(c3ccccc3F)CCO[C@H](COCc3ccccc3)[C@H]2CS1)c1ccccc1. The average molecular weight is 490 g/mol. The number of aliphatic imine (C=N–C) groups is 1. The quantitative estimate of drug-likeness (QED) is 0.361. The highest BCUT2D eigenvalue weighted by atomic mass is 32.2. The first-order valence-corrected chi connectivity index (χ1v) is 12.9. The molecule has 0 saturated carbocycles. The van der Waals surface area contributed by atoms with Crippen LogP contribution in [0.15, 0.2) is 89.9 Å². The number of hydrogen-bond donors (Lipinski definition) is 0. The summed E-state index contributed by atoms with van der Waals surface area (Å²) < 4.78 is 27.4. The predicted octanol–water partition coefficient (Wildman–Crippen LogP) is 6.06. The number of hydrogen-bond acceptors (Lipinski definition) is 5. The van der Waals surface area contributed by atoms with Gasteiger partial charge in [-0.15, -0.1) is 11.8 Å². The van der Waals surface area contributed by atoms with Gasteiger partial charge in [-0.1, -0.05) is 78.9 Å². The molecule has 3 aromatic carbocycles. The van der Waals surface area contributed by atoms with Crippen LogP contribution in [-0.2, 0) is 21.6 Å². The summed E-state index contributed by atoms with van der Waals surface area (Å²) in [5.74, 6) is 0.375. The molecule has 0 radical (unpaired) electrons.